The van der Waals surface area contributed by atoms with Gasteiger partial charge in [0.05, 0.1) is 22.9 Å². The van der Waals surface area contributed by atoms with E-state index in [0.717, 1.165) is 62.1 Å². The smallest absolute Gasteiger partial charge is 0.309 e. The standard InChI is InChI=1S/C24H21F6N5O/c25-23(26,27)16-10-8-14(9-11-16)21(36)33-22(31-18-6-1-2-7-18)32-20-13-19(34-35-20)15-4-3-5-17(12-15)24(28,29)30/h3-5,8-13,18H,1-2,6-7H2,(H3,31,32,33,34,35,36). The fourth-order valence-electron chi connectivity index (χ4n) is 3.82. The zero-order chi connectivity index (χ0) is 25.9. The van der Waals surface area contributed by atoms with Crippen LogP contribution in [0.2, 0.25) is 0 Å². The number of benzene rings is 2. The third-order valence-electron chi connectivity index (χ3n) is 5.67. The van der Waals surface area contributed by atoms with Gasteiger partial charge in [-0.3, -0.25) is 15.2 Å². The molecule has 3 aromatic rings. The molecule has 1 heterocycles. The van der Waals surface area contributed by atoms with Gasteiger partial charge in [-0.25, -0.2) is 4.99 Å². The number of nitrogens with one attached hydrogen (secondary N) is 3. The number of carbonyl (C=O) groups excluding carboxylic acids is 1. The first kappa shape index (κ1) is 25.3. The van der Waals surface area contributed by atoms with E-state index >= 15 is 0 Å². The summed E-state index contributed by atoms with van der Waals surface area (Å²) in [6, 6.07) is 9.86. The third-order valence-corrected chi connectivity index (χ3v) is 5.67. The van der Waals surface area contributed by atoms with Crippen LogP contribution < -0.4 is 10.6 Å². The molecule has 36 heavy (non-hydrogen) atoms. The Bertz CT molecular complexity index is 1240. The van der Waals surface area contributed by atoms with Crippen LogP contribution in [0.25, 0.3) is 11.3 Å². The maximum Gasteiger partial charge on any atom is 0.416 e. The summed E-state index contributed by atoms with van der Waals surface area (Å²) < 4.78 is 77.6. The summed E-state index contributed by atoms with van der Waals surface area (Å²) in [5.74, 6) is -0.456. The Hall–Kier alpha value is -3.83. The fourth-order valence-corrected chi connectivity index (χ4v) is 3.82. The number of anilines is 1. The maximum absolute atomic E-state index is 13.0. The Kier molecular flexibility index (Phi) is 7.04. The van der Waals surface area contributed by atoms with E-state index < -0.39 is 29.4 Å². The van der Waals surface area contributed by atoms with Crippen LogP contribution >= 0.6 is 0 Å². The van der Waals surface area contributed by atoms with E-state index in [1.165, 1.54) is 18.2 Å². The van der Waals surface area contributed by atoms with Gasteiger partial charge in [-0.2, -0.15) is 31.4 Å². The summed E-state index contributed by atoms with van der Waals surface area (Å²) >= 11 is 0. The quantitative estimate of drug-likeness (QED) is 0.221. The number of aromatic nitrogens is 2. The summed E-state index contributed by atoms with van der Waals surface area (Å²) in [5.41, 5.74) is -1.13. The number of aromatic amines is 1. The van der Waals surface area contributed by atoms with Crippen molar-refractivity contribution in [2.24, 2.45) is 4.99 Å². The average molecular weight is 509 g/mol. The molecule has 1 aliphatic rings. The SMILES string of the molecule is O=C(NC(=NC1CCCC1)Nc1cc(-c2cccc(C(F)(F)F)c2)[nH]n1)c1ccc(C(F)(F)F)cc1. The van der Waals surface area contributed by atoms with Crippen LogP contribution in [0.3, 0.4) is 0 Å². The highest BCUT2D eigenvalue weighted by Gasteiger charge is 2.31. The van der Waals surface area contributed by atoms with E-state index in [4.69, 9.17) is 0 Å². The minimum Gasteiger partial charge on any atom is -0.309 e. The third kappa shape index (κ3) is 6.23. The molecular formula is C24H21F6N5O. The number of carbonyl (C=O) groups is 1. The molecule has 0 bridgehead atoms. The number of H-pyrrole nitrogens is 1. The summed E-state index contributed by atoms with van der Waals surface area (Å²) in [4.78, 5) is 17.2. The molecule has 1 fully saturated rings. The zero-order valence-electron chi connectivity index (χ0n) is 18.7. The molecule has 1 saturated carbocycles. The zero-order valence-corrected chi connectivity index (χ0v) is 18.7. The Labute approximate surface area is 201 Å². The highest BCUT2D eigenvalue weighted by Crippen LogP contribution is 2.32. The van der Waals surface area contributed by atoms with E-state index in [1.807, 2.05) is 0 Å². The Morgan fingerprint density at radius 2 is 1.58 bits per heavy atom. The van der Waals surface area contributed by atoms with E-state index in [-0.39, 0.29) is 28.9 Å². The minimum atomic E-state index is -4.52. The summed E-state index contributed by atoms with van der Waals surface area (Å²) in [6.07, 6.45) is -5.48. The second-order valence-corrected chi connectivity index (χ2v) is 8.32. The predicted molar refractivity (Wildman–Crippen MR) is 121 cm³/mol. The van der Waals surface area contributed by atoms with Crippen LogP contribution in [-0.4, -0.2) is 28.1 Å². The molecule has 0 spiro atoms. The van der Waals surface area contributed by atoms with Gasteiger partial charge in [0.2, 0.25) is 5.96 Å². The normalized spacial score (nSPS) is 15.2. The second kappa shape index (κ2) is 10.0. The monoisotopic (exact) mass is 509 g/mol. The number of hydrogen-bond acceptors (Lipinski definition) is 3. The van der Waals surface area contributed by atoms with E-state index in [9.17, 15) is 31.1 Å². The molecule has 0 atom stereocenters. The molecule has 0 aliphatic heterocycles. The van der Waals surface area contributed by atoms with Gasteiger partial charge in [0.25, 0.3) is 5.91 Å². The highest BCUT2D eigenvalue weighted by molar-refractivity contribution is 6.09. The average Bonchev–Trinajstić information content (AvgIpc) is 3.50. The van der Waals surface area contributed by atoms with Crippen LogP contribution in [0.4, 0.5) is 32.2 Å². The second-order valence-electron chi connectivity index (χ2n) is 8.32. The van der Waals surface area contributed by atoms with Gasteiger partial charge in [0.1, 0.15) is 0 Å². The molecule has 1 aliphatic carbocycles. The Balaban J connectivity index is 1.53. The molecule has 4 rings (SSSR count). The number of halogens is 6. The molecule has 1 aromatic heterocycles. The lowest BCUT2D eigenvalue weighted by Crippen LogP contribution is -2.37. The van der Waals surface area contributed by atoms with Crippen LogP contribution in [0, 0.1) is 0 Å². The first-order chi connectivity index (χ1) is 17.0. The lowest BCUT2D eigenvalue weighted by molar-refractivity contribution is -0.138. The van der Waals surface area contributed by atoms with Gasteiger partial charge < -0.3 is 5.32 Å². The number of amides is 1. The molecule has 0 unspecified atom stereocenters. The predicted octanol–water partition coefficient (Wildman–Crippen LogP) is 6.25. The lowest BCUT2D eigenvalue weighted by atomic mass is 10.1. The number of hydrogen-bond donors (Lipinski definition) is 3. The van der Waals surface area contributed by atoms with E-state index in [2.05, 4.69) is 25.8 Å². The topological polar surface area (TPSA) is 82.2 Å². The van der Waals surface area contributed by atoms with Gasteiger partial charge in [0.15, 0.2) is 5.82 Å². The van der Waals surface area contributed by atoms with E-state index in [1.54, 1.807) is 0 Å². The van der Waals surface area contributed by atoms with Gasteiger partial charge in [-0.15, -0.1) is 0 Å². The lowest BCUT2D eigenvalue weighted by Gasteiger charge is -2.13. The maximum atomic E-state index is 13.0. The van der Waals surface area contributed by atoms with Gasteiger partial charge >= 0.3 is 12.4 Å². The largest absolute Gasteiger partial charge is 0.416 e. The van der Waals surface area contributed by atoms with Crippen LogP contribution in [0.1, 0.15) is 47.2 Å². The van der Waals surface area contributed by atoms with Crippen molar-refractivity contribution in [1.29, 1.82) is 0 Å². The molecule has 3 N–H and O–H groups in total. The Morgan fingerprint density at radius 1 is 0.917 bits per heavy atom. The molecule has 190 valence electrons. The van der Waals surface area contributed by atoms with Crippen molar-refractivity contribution in [2.75, 3.05) is 5.32 Å². The van der Waals surface area contributed by atoms with Crippen molar-refractivity contribution < 1.29 is 31.1 Å². The van der Waals surface area contributed by atoms with Crippen molar-refractivity contribution in [3.8, 4) is 11.3 Å². The number of alkyl halides is 6. The van der Waals surface area contributed by atoms with E-state index in [0.29, 0.717) is 5.69 Å². The summed E-state index contributed by atoms with van der Waals surface area (Å²) in [7, 11) is 0. The summed E-state index contributed by atoms with van der Waals surface area (Å²) in [6.45, 7) is 0. The van der Waals surface area contributed by atoms with Crippen molar-refractivity contribution in [3.63, 3.8) is 0 Å². The minimum absolute atomic E-state index is 0.00407. The molecular weight excluding hydrogens is 488 g/mol. The first-order valence-electron chi connectivity index (χ1n) is 11.1. The summed E-state index contributed by atoms with van der Waals surface area (Å²) in [5, 5.41) is 12.1. The van der Waals surface area contributed by atoms with Crippen LogP contribution in [0.15, 0.2) is 59.6 Å². The molecule has 6 nitrogen and oxygen atoms in total. The molecule has 2 aromatic carbocycles. The van der Waals surface area contributed by atoms with Gasteiger partial charge in [-0.1, -0.05) is 25.0 Å². The van der Waals surface area contributed by atoms with Gasteiger partial charge in [0, 0.05) is 17.2 Å². The van der Waals surface area contributed by atoms with Crippen molar-refractivity contribution >= 4 is 17.7 Å². The van der Waals surface area contributed by atoms with Crippen LogP contribution in [-0.2, 0) is 12.4 Å². The van der Waals surface area contributed by atoms with Crippen LogP contribution in [0.5, 0.6) is 0 Å². The van der Waals surface area contributed by atoms with Crippen molar-refractivity contribution in [3.05, 3.63) is 71.3 Å². The van der Waals surface area contributed by atoms with Crippen molar-refractivity contribution in [2.45, 2.75) is 44.1 Å². The number of guanidine groups is 1. The van der Waals surface area contributed by atoms with Gasteiger partial charge in [-0.05, 0) is 49.2 Å². The number of rotatable bonds is 4. The molecule has 0 saturated heterocycles. The molecule has 1 amide bonds. The Morgan fingerprint density at radius 3 is 2.22 bits per heavy atom. The number of aliphatic imine (C=N–C) groups is 1. The number of nitrogens with zero attached hydrogens (tertiary/aromatic N) is 2. The fraction of sp³-hybridized carbons (Fsp3) is 0.292. The first-order valence-corrected chi connectivity index (χ1v) is 11.1. The molecule has 0 radical (unpaired) electrons. The molecule has 12 heteroatoms. The van der Waals surface area contributed by atoms with Crippen molar-refractivity contribution in [1.82, 2.24) is 15.5 Å². The highest BCUT2D eigenvalue weighted by atomic mass is 19.4.